The van der Waals surface area contributed by atoms with Crippen molar-refractivity contribution in [3.8, 4) is 0 Å². The minimum atomic E-state index is -0.265. The van der Waals surface area contributed by atoms with Crippen LogP contribution >= 0.6 is 0 Å². The highest BCUT2D eigenvalue weighted by Gasteiger charge is 2.14. The molecule has 0 saturated carbocycles. The average Bonchev–Trinajstić information content (AvgIpc) is 2.57. The lowest BCUT2D eigenvalue weighted by Crippen LogP contribution is -2.30. The minimum absolute atomic E-state index is 0.265. The standard InChI is InChI=1S/C15H17N5O/c21-15(12-6-2-3-7-16-12)19-13-10-14(18-11-17-13)20-8-4-1-5-9-20/h2-3,6-7,10-11H,1,4-5,8-9H2,(H,17,18,19,21). The minimum Gasteiger partial charge on any atom is -0.356 e. The lowest BCUT2D eigenvalue weighted by atomic mass is 10.1. The smallest absolute Gasteiger partial charge is 0.275 e. The molecule has 0 aromatic carbocycles. The average molecular weight is 283 g/mol. The van der Waals surface area contributed by atoms with E-state index in [4.69, 9.17) is 0 Å². The highest BCUT2D eigenvalue weighted by Crippen LogP contribution is 2.19. The predicted octanol–water partition coefficient (Wildman–Crippen LogP) is 2.11. The fourth-order valence-corrected chi connectivity index (χ4v) is 2.39. The molecule has 21 heavy (non-hydrogen) atoms. The Morgan fingerprint density at radius 2 is 1.95 bits per heavy atom. The molecule has 0 bridgehead atoms. The van der Waals surface area contributed by atoms with Crippen LogP contribution in [0.25, 0.3) is 0 Å². The van der Waals surface area contributed by atoms with Gasteiger partial charge in [-0.05, 0) is 31.4 Å². The number of nitrogens with one attached hydrogen (secondary N) is 1. The van der Waals surface area contributed by atoms with Crippen LogP contribution in [0.5, 0.6) is 0 Å². The summed E-state index contributed by atoms with van der Waals surface area (Å²) < 4.78 is 0. The van der Waals surface area contributed by atoms with Crippen LogP contribution in [0.3, 0.4) is 0 Å². The summed E-state index contributed by atoms with van der Waals surface area (Å²) in [5.74, 6) is 1.10. The lowest BCUT2D eigenvalue weighted by molar-refractivity contribution is 0.102. The van der Waals surface area contributed by atoms with Gasteiger partial charge in [-0.2, -0.15) is 0 Å². The number of rotatable bonds is 3. The van der Waals surface area contributed by atoms with Gasteiger partial charge in [-0.25, -0.2) is 9.97 Å². The molecule has 0 spiro atoms. The van der Waals surface area contributed by atoms with Crippen molar-refractivity contribution in [3.05, 3.63) is 42.5 Å². The van der Waals surface area contributed by atoms with Crippen LogP contribution in [0.1, 0.15) is 29.8 Å². The Kier molecular flexibility index (Phi) is 4.04. The molecule has 1 aliphatic rings. The van der Waals surface area contributed by atoms with E-state index in [0.29, 0.717) is 11.5 Å². The third kappa shape index (κ3) is 3.34. The summed E-state index contributed by atoms with van der Waals surface area (Å²) in [4.78, 5) is 26.7. The molecule has 3 heterocycles. The monoisotopic (exact) mass is 283 g/mol. The molecule has 0 radical (unpaired) electrons. The summed E-state index contributed by atoms with van der Waals surface area (Å²) in [6.45, 7) is 2.01. The SMILES string of the molecule is O=C(Nc1cc(N2CCCCC2)ncn1)c1ccccn1. The molecule has 1 fully saturated rings. The number of pyridine rings is 1. The first-order valence-electron chi connectivity index (χ1n) is 7.12. The van der Waals surface area contributed by atoms with Crippen molar-refractivity contribution in [2.75, 3.05) is 23.3 Å². The number of aromatic nitrogens is 3. The maximum atomic E-state index is 12.1. The maximum absolute atomic E-state index is 12.1. The lowest BCUT2D eigenvalue weighted by Gasteiger charge is -2.27. The van der Waals surface area contributed by atoms with Gasteiger partial charge in [0.1, 0.15) is 23.7 Å². The number of carbonyl (C=O) groups is 1. The molecule has 1 aliphatic heterocycles. The second-order valence-electron chi connectivity index (χ2n) is 4.98. The van der Waals surface area contributed by atoms with Crippen LogP contribution in [0.4, 0.5) is 11.6 Å². The number of hydrogen-bond donors (Lipinski definition) is 1. The quantitative estimate of drug-likeness (QED) is 0.934. The number of hydrogen-bond acceptors (Lipinski definition) is 5. The molecule has 6 nitrogen and oxygen atoms in total. The summed E-state index contributed by atoms with van der Waals surface area (Å²) in [6.07, 6.45) is 6.70. The second-order valence-corrected chi connectivity index (χ2v) is 4.98. The number of amides is 1. The van der Waals surface area contributed by atoms with Gasteiger partial charge in [-0.15, -0.1) is 0 Å². The van der Waals surface area contributed by atoms with Crippen LogP contribution in [-0.2, 0) is 0 Å². The van der Waals surface area contributed by atoms with Gasteiger partial charge in [-0.3, -0.25) is 9.78 Å². The summed E-state index contributed by atoms with van der Waals surface area (Å²) in [6, 6.07) is 7.03. The molecule has 108 valence electrons. The Balaban J connectivity index is 1.72. The Morgan fingerprint density at radius 1 is 1.10 bits per heavy atom. The van der Waals surface area contributed by atoms with Gasteiger partial charge in [0.25, 0.3) is 5.91 Å². The normalized spacial score (nSPS) is 14.8. The molecule has 0 aliphatic carbocycles. The highest BCUT2D eigenvalue weighted by molar-refractivity contribution is 6.02. The van der Waals surface area contributed by atoms with E-state index < -0.39 is 0 Å². The fourth-order valence-electron chi connectivity index (χ4n) is 2.39. The van der Waals surface area contributed by atoms with Crippen LogP contribution < -0.4 is 10.2 Å². The van der Waals surface area contributed by atoms with Gasteiger partial charge in [-0.1, -0.05) is 6.07 Å². The first-order valence-corrected chi connectivity index (χ1v) is 7.12. The van der Waals surface area contributed by atoms with Gasteiger partial charge < -0.3 is 10.2 Å². The van der Waals surface area contributed by atoms with Crippen LogP contribution in [0.2, 0.25) is 0 Å². The number of carbonyl (C=O) groups excluding carboxylic acids is 1. The molecule has 0 atom stereocenters. The molecule has 2 aromatic heterocycles. The van der Waals surface area contributed by atoms with Gasteiger partial charge in [0.05, 0.1) is 0 Å². The first kappa shape index (κ1) is 13.5. The predicted molar refractivity (Wildman–Crippen MR) is 80.3 cm³/mol. The summed E-state index contributed by atoms with van der Waals surface area (Å²) in [7, 11) is 0. The van der Waals surface area contributed by atoms with Crippen molar-refractivity contribution in [2.24, 2.45) is 0 Å². The molecule has 1 saturated heterocycles. The van der Waals surface area contributed by atoms with Crippen molar-refractivity contribution in [2.45, 2.75) is 19.3 Å². The van der Waals surface area contributed by atoms with Crippen LogP contribution in [-0.4, -0.2) is 33.9 Å². The topological polar surface area (TPSA) is 71.0 Å². The summed E-state index contributed by atoms with van der Waals surface area (Å²) >= 11 is 0. The van der Waals surface area contributed by atoms with Crippen molar-refractivity contribution in [3.63, 3.8) is 0 Å². The van der Waals surface area contributed by atoms with E-state index >= 15 is 0 Å². The van der Waals surface area contributed by atoms with Gasteiger partial charge in [0.15, 0.2) is 0 Å². The number of anilines is 2. The van der Waals surface area contributed by atoms with Gasteiger partial charge in [0, 0.05) is 25.4 Å². The van der Waals surface area contributed by atoms with Crippen LogP contribution in [0.15, 0.2) is 36.8 Å². The number of nitrogens with zero attached hydrogens (tertiary/aromatic N) is 4. The second kappa shape index (κ2) is 6.30. The van der Waals surface area contributed by atoms with Crippen molar-refractivity contribution in [1.29, 1.82) is 0 Å². The molecule has 1 N–H and O–H groups in total. The fraction of sp³-hybridized carbons (Fsp3) is 0.333. The maximum Gasteiger partial charge on any atom is 0.275 e. The third-order valence-corrected chi connectivity index (χ3v) is 3.47. The first-order chi connectivity index (χ1) is 10.3. The van der Waals surface area contributed by atoms with E-state index in [1.807, 2.05) is 6.07 Å². The Bertz CT molecular complexity index is 610. The zero-order valence-corrected chi connectivity index (χ0v) is 11.7. The van der Waals surface area contributed by atoms with E-state index in [1.165, 1.54) is 25.6 Å². The zero-order chi connectivity index (χ0) is 14.5. The molecule has 0 unspecified atom stereocenters. The Labute approximate surface area is 123 Å². The molecule has 2 aromatic rings. The molecular formula is C15H17N5O. The molecule has 1 amide bonds. The van der Waals surface area contributed by atoms with Crippen molar-refractivity contribution < 1.29 is 4.79 Å². The summed E-state index contributed by atoms with van der Waals surface area (Å²) in [5, 5.41) is 2.76. The third-order valence-electron chi connectivity index (χ3n) is 3.47. The van der Waals surface area contributed by atoms with E-state index in [1.54, 1.807) is 24.4 Å². The van der Waals surface area contributed by atoms with Crippen molar-refractivity contribution >= 4 is 17.5 Å². The molecule has 3 rings (SSSR count). The Hall–Kier alpha value is -2.50. The summed E-state index contributed by atoms with van der Waals surface area (Å²) in [5.41, 5.74) is 0.371. The van der Waals surface area contributed by atoms with E-state index in [2.05, 4.69) is 25.2 Å². The van der Waals surface area contributed by atoms with E-state index in [0.717, 1.165) is 18.9 Å². The van der Waals surface area contributed by atoms with E-state index in [9.17, 15) is 4.79 Å². The largest absolute Gasteiger partial charge is 0.356 e. The zero-order valence-electron chi connectivity index (χ0n) is 11.7. The van der Waals surface area contributed by atoms with Gasteiger partial charge >= 0.3 is 0 Å². The molecular weight excluding hydrogens is 266 g/mol. The van der Waals surface area contributed by atoms with Crippen LogP contribution in [0, 0.1) is 0 Å². The Morgan fingerprint density at radius 3 is 2.71 bits per heavy atom. The van der Waals surface area contributed by atoms with Gasteiger partial charge in [0.2, 0.25) is 0 Å². The number of piperidine rings is 1. The highest BCUT2D eigenvalue weighted by atomic mass is 16.1. The van der Waals surface area contributed by atoms with E-state index in [-0.39, 0.29) is 5.91 Å². The van der Waals surface area contributed by atoms with Crippen molar-refractivity contribution in [1.82, 2.24) is 15.0 Å². The molecule has 6 heteroatoms.